The number of rotatable bonds is 4. The van der Waals surface area contributed by atoms with Crippen LogP contribution in [0.25, 0.3) is 27.7 Å². The fourth-order valence-electron chi connectivity index (χ4n) is 4.82. The van der Waals surface area contributed by atoms with E-state index in [1.807, 2.05) is 30.3 Å². The summed E-state index contributed by atoms with van der Waals surface area (Å²) in [5.41, 5.74) is 9.27. The van der Waals surface area contributed by atoms with Gasteiger partial charge >= 0.3 is 0 Å². The van der Waals surface area contributed by atoms with Gasteiger partial charge in [-0.3, -0.25) is 14.2 Å². The standard InChI is InChI=1S/C28H25Cl3N4O2/c1-17(32)28(37)34-13-11-33(12-14-34)18-15-21(19-5-2-3-6-22(19)29)20-9-10-26(36)35(25(20)16-18)27-23(30)7-4-8-24(27)31/h2-10,15-17H,11-14,32H2,1H3/t17-/m1/s1. The van der Waals surface area contributed by atoms with Crippen molar-refractivity contribution < 1.29 is 4.79 Å². The summed E-state index contributed by atoms with van der Waals surface area (Å²) in [5.74, 6) is -0.0582. The first kappa shape index (κ1) is 25.6. The molecular formula is C28H25Cl3N4O2. The molecule has 0 bridgehead atoms. The van der Waals surface area contributed by atoms with Gasteiger partial charge in [-0.1, -0.05) is 59.1 Å². The Morgan fingerprint density at radius 3 is 2.14 bits per heavy atom. The predicted octanol–water partition coefficient (Wildman–Crippen LogP) is 5.61. The first-order valence-corrected chi connectivity index (χ1v) is 13.1. The molecule has 3 aromatic carbocycles. The molecule has 6 nitrogen and oxygen atoms in total. The number of fused-ring (bicyclic) bond motifs is 1. The summed E-state index contributed by atoms with van der Waals surface area (Å²) in [7, 11) is 0. The Morgan fingerprint density at radius 2 is 1.49 bits per heavy atom. The molecule has 1 fully saturated rings. The number of halogens is 3. The van der Waals surface area contributed by atoms with Crippen LogP contribution in [0.15, 0.2) is 71.5 Å². The van der Waals surface area contributed by atoms with E-state index in [-0.39, 0.29) is 11.5 Å². The van der Waals surface area contributed by atoms with Crippen LogP contribution in [-0.4, -0.2) is 47.6 Å². The highest BCUT2D eigenvalue weighted by Gasteiger charge is 2.25. The molecule has 2 heterocycles. The van der Waals surface area contributed by atoms with E-state index in [4.69, 9.17) is 40.5 Å². The highest BCUT2D eigenvalue weighted by atomic mass is 35.5. The van der Waals surface area contributed by atoms with Gasteiger partial charge in [-0.05, 0) is 48.9 Å². The van der Waals surface area contributed by atoms with E-state index in [9.17, 15) is 9.59 Å². The van der Waals surface area contributed by atoms with E-state index in [1.54, 1.807) is 40.7 Å². The van der Waals surface area contributed by atoms with Crippen molar-refractivity contribution in [1.82, 2.24) is 9.47 Å². The van der Waals surface area contributed by atoms with Crippen molar-refractivity contribution in [3.8, 4) is 16.8 Å². The number of carbonyl (C=O) groups is 1. The molecule has 0 unspecified atom stereocenters. The van der Waals surface area contributed by atoms with E-state index in [2.05, 4.69) is 11.0 Å². The third-order valence-corrected chi connectivity index (χ3v) is 7.61. The maximum absolute atomic E-state index is 13.3. The van der Waals surface area contributed by atoms with Crippen LogP contribution < -0.4 is 16.2 Å². The smallest absolute Gasteiger partial charge is 0.255 e. The van der Waals surface area contributed by atoms with Crippen LogP contribution in [0.3, 0.4) is 0 Å². The van der Waals surface area contributed by atoms with Gasteiger partial charge in [0.15, 0.2) is 0 Å². The lowest BCUT2D eigenvalue weighted by molar-refractivity contribution is -0.132. The summed E-state index contributed by atoms with van der Waals surface area (Å²) in [6, 6.07) is 19.6. The molecule has 37 heavy (non-hydrogen) atoms. The number of aromatic nitrogens is 1. The van der Waals surface area contributed by atoms with E-state index in [0.29, 0.717) is 52.5 Å². The summed E-state index contributed by atoms with van der Waals surface area (Å²) >= 11 is 19.7. The number of hydrogen-bond donors (Lipinski definition) is 1. The molecule has 1 aliphatic rings. The normalized spacial score (nSPS) is 14.7. The fraction of sp³-hybridized carbons (Fsp3) is 0.214. The average Bonchev–Trinajstić information content (AvgIpc) is 2.89. The largest absolute Gasteiger partial charge is 0.368 e. The van der Waals surface area contributed by atoms with Crippen LogP contribution in [0.1, 0.15) is 6.92 Å². The molecule has 2 N–H and O–H groups in total. The van der Waals surface area contributed by atoms with Gasteiger partial charge in [0.05, 0.1) is 27.3 Å². The van der Waals surface area contributed by atoms with Crippen LogP contribution in [0.2, 0.25) is 15.1 Å². The molecule has 1 saturated heterocycles. The monoisotopic (exact) mass is 554 g/mol. The molecule has 0 spiro atoms. The third-order valence-electron chi connectivity index (χ3n) is 6.67. The Morgan fingerprint density at radius 1 is 0.838 bits per heavy atom. The zero-order valence-corrected chi connectivity index (χ0v) is 22.4. The molecule has 5 rings (SSSR count). The minimum atomic E-state index is -0.533. The van der Waals surface area contributed by atoms with Gasteiger partial charge in [-0.25, -0.2) is 0 Å². The maximum Gasteiger partial charge on any atom is 0.255 e. The predicted molar refractivity (Wildman–Crippen MR) is 152 cm³/mol. The van der Waals surface area contributed by atoms with Gasteiger partial charge in [-0.15, -0.1) is 0 Å². The lowest BCUT2D eigenvalue weighted by atomic mass is 9.98. The highest BCUT2D eigenvalue weighted by Crippen LogP contribution is 2.38. The quantitative estimate of drug-likeness (QED) is 0.355. The Hall–Kier alpha value is -3.03. The molecule has 9 heteroatoms. The van der Waals surface area contributed by atoms with Crippen LogP contribution in [-0.2, 0) is 4.79 Å². The van der Waals surface area contributed by atoms with Crippen molar-refractivity contribution >= 4 is 57.3 Å². The minimum absolute atomic E-state index is 0.0582. The molecular weight excluding hydrogens is 531 g/mol. The molecule has 1 aromatic heterocycles. The Balaban J connectivity index is 1.72. The number of carbonyl (C=O) groups excluding carboxylic acids is 1. The van der Waals surface area contributed by atoms with Crippen LogP contribution in [0.4, 0.5) is 5.69 Å². The lowest BCUT2D eigenvalue weighted by Crippen LogP contribution is -2.52. The second-order valence-electron chi connectivity index (χ2n) is 9.08. The van der Waals surface area contributed by atoms with Crippen molar-refractivity contribution in [1.29, 1.82) is 0 Å². The molecule has 1 amide bonds. The molecule has 0 radical (unpaired) electrons. The second kappa shape index (κ2) is 10.4. The molecule has 0 saturated carbocycles. The zero-order valence-electron chi connectivity index (χ0n) is 20.1. The van der Waals surface area contributed by atoms with E-state index in [0.717, 1.165) is 22.2 Å². The number of pyridine rings is 1. The number of para-hydroxylation sites is 1. The van der Waals surface area contributed by atoms with Gasteiger partial charge in [0.1, 0.15) is 0 Å². The SMILES string of the molecule is C[C@@H](N)C(=O)N1CCN(c2cc(-c3ccccc3Cl)c3ccc(=O)n(-c4c(Cl)cccc4Cl)c3c2)CC1. The summed E-state index contributed by atoms with van der Waals surface area (Å²) in [6.07, 6.45) is 0. The van der Waals surface area contributed by atoms with Gasteiger partial charge in [0.2, 0.25) is 5.91 Å². The first-order valence-electron chi connectivity index (χ1n) is 11.9. The van der Waals surface area contributed by atoms with Gasteiger partial charge in [-0.2, -0.15) is 0 Å². The minimum Gasteiger partial charge on any atom is -0.368 e. The third kappa shape index (κ3) is 4.82. The molecule has 1 aliphatic heterocycles. The molecule has 190 valence electrons. The lowest BCUT2D eigenvalue weighted by Gasteiger charge is -2.37. The number of benzene rings is 3. The van der Waals surface area contributed by atoms with Crippen LogP contribution >= 0.6 is 34.8 Å². The van der Waals surface area contributed by atoms with Crippen molar-refractivity contribution in [2.75, 3.05) is 31.1 Å². The summed E-state index contributed by atoms with van der Waals surface area (Å²) < 4.78 is 1.56. The average molecular weight is 556 g/mol. The van der Waals surface area contributed by atoms with Crippen molar-refractivity contribution in [2.24, 2.45) is 5.73 Å². The number of nitrogens with zero attached hydrogens (tertiary/aromatic N) is 3. The van der Waals surface area contributed by atoms with Crippen molar-refractivity contribution in [2.45, 2.75) is 13.0 Å². The molecule has 1 atom stereocenters. The number of hydrogen-bond acceptors (Lipinski definition) is 4. The Kier molecular flexibility index (Phi) is 7.19. The van der Waals surface area contributed by atoms with Crippen molar-refractivity contribution in [3.63, 3.8) is 0 Å². The van der Waals surface area contributed by atoms with Gasteiger partial charge < -0.3 is 15.5 Å². The van der Waals surface area contributed by atoms with Gasteiger partial charge in [0.25, 0.3) is 5.56 Å². The number of amides is 1. The molecule has 4 aromatic rings. The molecule has 0 aliphatic carbocycles. The highest BCUT2D eigenvalue weighted by molar-refractivity contribution is 6.38. The van der Waals surface area contributed by atoms with E-state index in [1.165, 1.54) is 6.07 Å². The number of piperazine rings is 1. The maximum atomic E-state index is 13.3. The zero-order chi connectivity index (χ0) is 26.3. The van der Waals surface area contributed by atoms with E-state index < -0.39 is 6.04 Å². The van der Waals surface area contributed by atoms with Crippen LogP contribution in [0, 0.1) is 0 Å². The summed E-state index contributed by atoms with van der Waals surface area (Å²) in [5, 5.41) is 2.17. The first-order chi connectivity index (χ1) is 17.8. The Labute approximate surface area is 229 Å². The van der Waals surface area contributed by atoms with Crippen molar-refractivity contribution in [3.05, 3.63) is 92.2 Å². The summed E-state index contributed by atoms with van der Waals surface area (Å²) in [4.78, 5) is 29.7. The second-order valence-corrected chi connectivity index (χ2v) is 10.3. The van der Waals surface area contributed by atoms with E-state index >= 15 is 0 Å². The van der Waals surface area contributed by atoms with Crippen LogP contribution in [0.5, 0.6) is 0 Å². The Bertz CT molecular complexity index is 1540. The number of anilines is 1. The van der Waals surface area contributed by atoms with Gasteiger partial charge in [0, 0.05) is 53.9 Å². The number of nitrogens with two attached hydrogens (primary N) is 1. The summed E-state index contributed by atoms with van der Waals surface area (Å²) in [6.45, 7) is 4.05. The fourth-order valence-corrected chi connectivity index (χ4v) is 5.63. The topological polar surface area (TPSA) is 71.6 Å².